The van der Waals surface area contributed by atoms with Crippen molar-refractivity contribution in [3.05, 3.63) is 91.6 Å². The molecule has 3 aromatic carbocycles. The highest BCUT2D eigenvalue weighted by Gasteiger charge is 2.34. The zero-order valence-corrected chi connectivity index (χ0v) is 20.2. The van der Waals surface area contributed by atoms with Crippen LogP contribution in [0.5, 0.6) is 5.75 Å². The van der Waals surface area contributed by atoms with Crippen LogP contribution in [0, 0.1) is 5.82 Å². The number of benzene rings is 3. The third-order valence-electron chi connectivity index (χ3n) is 4.57. The van der Waals surface area contributed by atoms with Crippen molar-refractivity contribution < 1.29 is 13.9 Å². The highest BCUT2D eigenvalue weighted by Crippen LogP contribution is 2.45. The fourth-order valence-corrected chi connectivity index (χ4v) is 5.88. The number of rotatable bonds is 5. The Hall–Kier alpha value is -1.54. The minimum atomic E-state index is -0.278. The van der Waals surface area contributed by atoms with E-state index in [1.54, 1.807) is 40.9 Å². The Morgan fingerprint density at radius 3 is 2.33 bits per heavy atom. The Labute approximate surface area is 199 Å². The largest absolute Gasteiger partial charge is 0.487 e. The van der Waals surface area contributed by atoms with Crippen molar-refractivity contribution in [1.29, 1.82) is 0 Å². The predicted octanol–water partition coefficient (Wildman–Crippen LogP) is 7.36. The van der Waals surface area contributed by atoms with Gasteiger partial charge in [0, 0.05) is 10.7 Å². The first kappa shape index (κ1) is 21.7. The predicted molar refractivity (Wildman–Crippen MR) is 127 cm³/mol. The second kappa shape index (κ2) is 9.30. The van der Waals surface area contributed by atoms with Crippen LogP contribution in [0.1, 0.15) is 16.5 Å². The number of amides is 1. The van der Waals surface area contributed by atoms with Crippen LogP contribution >= 0.6 is 55.2 Å². The molecule has 1 fully saturated rings. The van der Waals surface area contributed by atoms with E-state index >= 15 is 0 Å². The van der Waals surface area contributed by atoms with Gasteiger partial charge >= 0.3 is 0 Å². The van der Waals surface area contributed by atoms with Gasteiger partial charge in [0.05, 0.1) is 14.7 Å². The molecule has 1 amide bonds. The van der Waals surface area contributed by atoms with E-state index in [4.69, 9.17) is 16.3 Å². The summed E-state index contributed by atoms with van der Waals surface area (Å²) in [6.07, 6.45) is 0. The molecule has 3 nitrogen and oxygen atoms in total. The van der Waals surface area contributed by atoms with Crippen molar-refractivity contribution >= 4 is 66.8 Å². The molecule has 30 heavy (non-hydrogen) atoms. The summed E-state index contributed by atoms with van der Waals surface area (Å²) in [5.74, 6) is 0.830. The lowest BCUT2D eigenvalue weighted by molar-refractivity contribution is -0.115. The van der Waals surface area contributed by atoms with Crippen molar-refractivity contribution in [2.24, 2.45) is 0 Å². The Morgan fingerprint density at radius 2 is 1.70 bits per heavy atom. The summed E-state index contributed by atoms with van der Waals surface area (Å²) in [6, 6.07) is 17.4. The van der Waals surface area contributed by atoms with Gasteiger partial charge in [0.15, 0.2) is 0 Å². The molecule has 154 valence electrons. The van der Waals surface area contributed by atoms with Crippen molar-refractivity contribution in [2.45, 2.75) is 12.0 Å². The van der Waals surface area contributed by atoms with Gasteiger partial charge in [0.1, 0.15) is 23.5 Å². The van der Waals surface area contributed by atoms with E-state index in [2.05, 4.69) is 31.9 Å². The summed E-state index contributed by atoms with van der Waals surface area (Å²) >= 11 is 14.7. The maximum atomic E-state index is 13.1. The van der Waals surface area contributed by atoms with Crippen LogP contribution in [-0.2, 0) is 11.4 Å². The first-order valence-electron chi connectivity index (χ1n) is 8.98. The first-order chi connectivity index (χ1) is 14.4. The van der Waals surface area contributed by atoms with Gasteiger partial charge in [-0.2, -0.15) is 0 Å². The van der Waals surface area contributed by atoms with Crippen LogP contribution in [0.2, 0.25) is 5.02 Å². The molecule has 1 aliphatic heterocycles. The molecule has 1 aliphatic rings. The molecule has 0 aliphatic carbocycles. The summed E-state index contributed by atoms with van der Waals surface area (Å²) in [7, 11) is 0. The molecule has 0 unspecified atom stereocenters. The lowest BCUT2D eigenvalue weighted by Crippen LogP contribution is -2.27. The van der Waals surface area contributed by atoms with Gasteiger partial charge in [-0.15, -0.1) is 11.8 Å². The Bertz CT molecular complexity index is 1060. The minimum Gasteiger partial charge on any atom is -0.487 e. The number of nitrogens with zero attached hydrogens (tertiary/aromatic N) is 1. The molecular formula is C22H15Br2ClFNO2S. The summed E-state index contributed by atoms with van der Waals surface area (Å²) in [4.78, 5) is 14.3. The van der Waals surface area contributed by atoms with Crippen molar-refractivity contribution in [1.82, 2.24) is 0 Å². The Balaban J connectivity index is 1.58. The molecule has 0 radical (unpaired) electrons. The standard InChI is InChI=1S/C22H15Br2ClFNO2S/c23-18-9-14(10-19(24)21(18)29-11-13-1-5-16(26)6-2-13)22-27(20(28)12-30-22)17-7-3-15(25)4-8-17/h1-10,22H,11-12H2/t22-/m0/s1. The van der Waals surface area contributed by atoms with Gasteiger partial charge in [-0.1, -0.05) is 23.7 Å². The highest BCUT2D eigenvalue weighted by atomic mass is 79.9. The van der Waals surface area contributed by atoms with Crippen LogP contribution in [0.15, 0.2) is 69.6 Å². The SMILES string of the molecule is O=C1CS[C@@H](c2cc(Br)c(OCc3ccc(F)cc3)c(Br)c2)N1c1ccc(Cl)cc1. The van der Waals surface area contributed by atoms with E-state index in [1.807, 2.05) is 24.3 Å². The zero-order chi connectivity index (χ0) is 21.3. The summed E-state index contributed by atoms with van der Waals surface area (Å²) in [6.45, 7) is 0.310. The number of carbonyl (C=O) groups excluding carboxylic acids is 1. The molecule has 1 atom stereocenters. The number of carbonyl (C=O) groups is 1. The monoisotopic (exact) mass is 569 g/mol. The summed E-state index contributed by atoms with van der Waals surface area (Å²) in [5.41, 5.74) is 2.64. The van der Waals surface area contributed by atoms with Crippen LogP contribution in [0.3, 0.4) is 0 Å². The topological polar surface area (TPSA) is 29.5 Å². The van der Waals surface area contributed by atoms with Gasteiger partial charge < -0.3 is 4.74 Å². The number of ether oxygens (including phenoxy) is 1. The molecule has 0 spiro atoms. The smallest absolute Gasteiger partial charge is 0.238 e. The van der Waals surface area contributed by atoms with Gasteiger partial charge in [-0.05, 0) is 91.5 Å². The Kier molecular flexibility index (Phi) is 6.72. The van der Waals surface area contributed by atoms with Gasteiger partial charge in [0.2, 0.25) is 5.91 Å². The van der Waals surface area contributed by atoms with Crippen molar-refractivity contribution in [3.63, 3.8) is 0 Å². The molecule has 0 saturated carbocycles. The van der Waals surface area contributed by atoms with E-state index < -0.39 is 0 Å². The van der Waals surface area contributed by atoms with Gasteiger partial charge in [0.25, 0.3) is 0 Å². The average Bonchev–Trinajstić information content (AvgIpc) is 3.11. The highest BCUT2D eigenvalue weighted by molar-refractivity contribution is 9.11. The van der Waals surface area contributed by atoms with Crippen LogP contribution in [0.25, 0.3) is 0 Å². The van der Waals surface area contributed by atoms with Crippen LogP contribution < -0.4 is 9.64 Å². The molecule has 8 heteroatoms. The Morgan fingerprint density at radius 1 is 1.07 bits per heavy atom. The zero-order valence-electron chi connectivity index (χ0n) is 15.4. The number of halogens is 4. The lowest BCUT2D eigenvalue weighted by Gasteiger charge is -2.25. The van der Waals surface area contributed by atoms with E-state index in [1.165, 1.54) is 12.1 Å². The first-order valence-corrected chi connectivity index (χ1v) is 12.0. The van der Waals surface area contributed by atoms with E-state index in [0.29, 0.717) is 23.1 Å². The maximum Gasteiger partial charge on any atom is 0.238 e. The second-order valence-electron chi connectivity index (χ2n) is 6.63. The average molecular weight is 572 g/mol. The molecule has 1 heterocycles. The molecule has 0 aromatic heterocycles. The third kappa shape index (κ3) is 4.69. The van der Waals surface area contributed by atoms with E-state index in [-0.39, 0.29) is 17.1 Å². The van der Waals surface area contributed by atoms with Crippen molar-refractivity contribution in [3.8, 4) is 5.75 Å². The number of thioether (sulfide) groups is 1. The minimum absolute atomic E-state index is 0.0520. The lowest BCUT2D eigenvalue weighted by atomic mass is 10.1. The van der Waals surface area contributed by atoms with Crippen LogP contribution in [0.4, 0.5) is 10.1 Å². The summed E-state index contributed by atoms with van der Waals surface area (Å²) in [5, 5.41) is 0.472. The van der Waals surface area contributed by atoms with Gasteiger partial charge in [-0.25, -0.2) is 4.39 Å². The quantitative estimate of drug-likeness (QED) is 0.321. The van der Waals surface area contributed by atoms with E-state index in [0.717, 1.165) is 25.8 Å². The van der Waals surface area contributed by atoms with Gasteiger partial charge in [-0.3, -0.25) is 9.69 Å². The molecule has 0 bridgehead atoms. The second-order valence-corrected chi connectivity index (χ2v) is 9.85. The molecular weight excluding hydrogens is 557 g/mol. The number of hydrogen-bond donors (Lipinski definition) is 0. The fourth-order valence-electron chi connectivity index (χ4n) is 3.15. The van der Waals surface area contributed by atoms with Crippen LogP contribution in [-0.4, -0.2) is 11.7 Å². The third-order valence-corrected chi connectivity index (χ3v) is 7.22. The molecule has 1 saturated heterocycles. The van der Waals surface area contributed by atoms with Crippen molar-refractivity contribution in [2.75, 3.05) is 10.7 Å². The van der Waals surface area contributed by atoms with E-state index in [9.17, 15) is 9.18 Å². The summed E-state index contributed by atoms with van der Waals surface area (Å²) < 4.78 is 20.6. The normalized spacial score (nSPS) is 16.2. The number of anilines is 1. The molecule has 3 aromatic rings. The molecule has 0 N–H and O–H groups in total. The fraction of sp³-hybridized carbons (Fsp3) is 0.136. The molecule has 4 rings (SSSR count). The maximum absolute atomic E-state index is 13.1. The number of hydrogen-bond acceptors (Lipinski definition) is 3.